The average Bonchev–Trinajstić information content (AvgIpc) is 1.72. The summed E-state index contributed by atoms with van der Waals surface area (Å²) >= 11 is 0. The summed E-state index contributed by atoms with van der Waals surface area (Å²) in [5.74, 6) is 0. The zero-order valence-electron chi connectivity index (χ0n) is 5.41. The van der Waals surface area contributed by atoms with Gasteiger partial charge in [-0.05, 0) is 0 Å². The molecule has 0 spiro atoms. The molecule has 53 valence electrons. The Morgan fingerprint density at radius 1 is 0.875 bits per heavy atom. The van der Waals surface area contributed by atoms with E-state index in [0.717, 1.165) is 0 Å². The minimum atomic E-state index is 0. The Hall–Kier alpha value is 0.519. The predicted octanol–water partition coefficient (Wildman–Crippen LogP) is 2.60. The van der Waals surface area contributed by atoms with Crippen LogP contribution in [0.3, 0.4) is 0 Å². The maximum Gasteiger partial charge on any atom is 2.00 e. The first-order valence-electron chi connectivity index (χ1n) is 2.82. The summed E-state index contributed by atoms with van der Waals surface area (Å²) in [7, 11) is 0. The van der Waals surface area contributed by atoms with E-state index in [1.807, 2.05) is 0 Å². The van der Waals surface area contributed by atoms with Crippen LogP contribution >= 0.6 is 0 Å². The SMILES string of the molecule is [CH-]1CCCCC1.[CH3-].[Cu+2]. The van der Waals surface area contributed by atoms with E-state index in [9.17, 15) is 0 Å². The fourth-order valence-corrected chi connectivity index (χ4v) is 0.898. The second-order valence-corrected chi connectivity index (χ2v) is 1.93. The van der Waals surface area contributed by atoms with Gasteiger partial charge in [0.05, 0.1) is 0 Å². The molecule has 0 saturated heterocycles. The zero-order valence-corrected chi connectivity index (χ0v) is 6.36. The van der Waals surface area contributed by atoms with Crippen molar-refractivity contribution in [1.82, 2.24) is 0 Å². The van der Waals surface area contributed by atoms with Crippen molar-refractivity contribution in [1.29, 1.82) is 0 Å². The maximum atomic E-state index is 2.39. The Kier molecular flexibility index (Phi) is 10.7. The van der Waals surface area contributed by atoms with Gasteiger partial charge in [-0.25, -0.2) is 0 Å². The van der Waals surface area contributed by atoms with Crippen LogP contribution in [-0.4, -0.2) is 0 Å². The molecule has 0 aromatic rings. The van der Waals surface area contributed by atoms with Crippen LogP contribution in [0.1, 0.15) is 32.1 Å². The van der Waals surface area contributed by atoms with Crippen molar-refractivity contribution in [3.8, 4) is 0 Å². The van der Waals surface area contributed by atoms with Gasteiger partial charge in [0, 0.05) is 0 Å². The summed E-state index contributed by atoms with van der Waals surface area (Å²) in [4.78, 5) is 0. The van der Waals surface area contributed by atoms with Crippen LogP contribution in [0.5, 0.6) is 0 Å². The fraction of sp³-hybridized carbons (Fsp3) is 0.714. The van der Waals surface area contributed by atoms with E-state index in [-0.39, 0.29) is 24.5 Å². The number of rotatable bonds is 0. The molecule has 0 unspecified atom stereocenters. The smallest absolute Gasteiger partial charge is 0.358 e. The quantitative estimate of drug-likeness (QED) is 0.379. The normalized spacial score (nSPS) is 18.0. The van der Waals surface area contributed by atoms with Crippen molar-refractivity contribution in [3.63, 3.8) is 0 Å². The average molecular weight is 162 g/mol. The standard InChI is InChI=1S/C6H11.CH3.Cu/c1-2-4-6-5-3-1;;/h1H,2-6H2;1H3;/q2*-1;+2. The molecule has 0 aromatic carbocycles. The topological polar surface area (TPSA) is 0 Å². The van der Waals surface area contributed by atoms with Crippen LogP contribution in [0.25, 0.3) is 0 Å². The minimum absolute atomic E-state index is 0. The molecule has 0 aromatic heterocycles. The number of hydrogen-bond donors (Lipinski definition) is 0. The molecule has 1 radical (unpaired) electrons. The van der Waals surface area contributed by atoms with E-state index in [0.29, 0.717) is 0 Å². The summed E-state index contributed by atoms with van der Waals surface area (Å²) in [6.07, 6.45) is 9.50. The Morgan fingerprint density at radius 2 is 1.38 bits per heavy atom. The Morgan fingerprint density at radius 3 is 1.50 bits per heavy atom. The molecule has 8 heavy (non-hydrogen) atoms. The van der Waals surface area contributed by atoms with Gasteiger partial charge < -0.3 is 13.8 Å². The largest absolute Gasteiger partial charge is 2.00 e. The van der Waals surface area contributed by atoms with Crippen LogP contribution in [0.15, 0.2) is 0 Å². The van der Waals surface area contributed by atoms with Crippen molar-refractivity contribution in [3.05, 3.63) is 13.8 Å². The van der Waals surface area contributed by atoms with Gasteiger partial charge in [-0.1, -0.05) is 19.3 Å². The second-order valence-electron chi connectivity index (χ2n) is 1.93. The van der Waals surface area contributed by atoms with E-state index in [1.54, 1.807) is 0 Å². The molecule has 0 N–H and O–H groups in total. The van der Waals surface area contributed by atoms with Gasteiger partial charge >= 0.3 is 17.1 Å². The first-order valence-corrected chi connectivity index (χ1v) is 2.82. The fourth-order valence-electron chi connectivity index (χ4n) is 0.898. The van der Waals surface area contributed by atoms with Crippen molar-refractivity contribution in [2.24, 2.45) is 0 Å². The minimum Gasteiger partial charge on any atom is -0.358 e. The monoisotopic (exact) mass is 161 g/mol. The van der Waals surface area contributed by atoms with Crippen molar-refractivity contribution < 1.29 is 17.1 Å². The summed E-state index contributed by atoms with van der Waals surface area (Å²) in [5, 5.41) is 0. The molecular formula is C7H14Cu. The van der Waals surface area contributed by atoms with Gasteiger partial charge in [-0.2, -0.15) is 12.8 Å². The first-order chi connectivity index (χ1) is 3.00. The zero-order chi connectivity index (χ0) is 4.24. The molecular weight excluding hydrogens is 148 g/mol. The Balaban J connectivity index is 0. The molecule has 0 amide bonds. The van der Waals surface area contributed by atoms with Crippen molar-refractivity contribution in [2.45, 2.75) is 32.1 Å². The molecule has 0 bridgehead atoms. The first kappa shape index (κ1) is 11.3. The van der Waals surface area contributed by atoms with Gasteiger partial charge in [-0.15, -0.1) is 0 Å². The molecule has 1 rings (SSSR count). The predicted molar refractivity (Wildman–Crippen MR) is 33.8 cm³/mol. The third-order valence-electron chi connectivity index (χ3n) is 1.32. The summed E-state index contributed by atoms with van der Waals surface area (Å²) in [6, 6.07) is 0. The third kappa shape index (κ3) is 4.67. The second kappa shape index (κ2) is 7.52. The maximum absolute atomic E-state index is 2.39. The van der Waals surface area contributed by atoms with Crippen LogP contribution in [-0.2, 0) is 17.1 Å². The van der Waals surface area contributed by atoms with Crippen LogP contribution in [0.2, 0.25) is 0 Å². The van der Waals surface area contributed by atoms with Crippen LogP contribution in [0, 0.1) is 13.8 Å². The van der Waals surface area contributed by atoms with Gasteiger partial charge in [0.25, 0.3) is 0 Å². The Bertz CT molecular complexity index is 19.9. The molecule has 1 aliphatic rings. The molecule has 1 fully saturated rings. The molecule has 1 saturated carbocycles. The van der Waals surface area contributed by atoms with E-state index >= 15 is 0 Å². The van der Waals surface area contributed by atoms with Gasteiger partial charge in [0.1, 0.15) is 0 Å². The summed E-state index contributed by atoms with van der Waals surface area (Å²) < 4.78 is 0. The molecule has 0 heterocycles. The summed E-state index contributed by atoms with van der Waals surface area (Å²) in [6.45, 7) is 0. The van der Waals surface area contributed by atoms with Gasteiger partial charge in [-0.3, -0.25) is 0 Å². The Labute approximate surface area is 63.5 Å². The van der Waals surface area contributed by atoms with Crippen LogP contribution < -0.4 is 0 Å². The van der Waals surface area contributed by atoms with E-state index < -0.39 is 0 Å². The number of hydrogen-bond acceptors (Lipinski definition) is 0. The van der Waals surface area contributed by atoms with E-state index in [4.69, 9.17) is 0 Å². The van der Waals surface area contributed by atoms with E-state index in [2.05, 4.69) is 6.42 Å². The molecule has 0 atom stereocenters. The van der Waals surface area contributed by atoms with Crippen LogP contribution in [0.4, 0.5) is 0 Å². The van der Waals surface area contributed by atoms with Gasteiger partial charge in [0.2, 0.25) is 0 Å². The molecule has 0 nitrogen and oxygen atoms in total. The molecule has 1 heteroatoms. The molecule has 0 aliphatic heterocycles. The summed E-state index contributed by atoms with van der Waals surface area (Å²) in [5.41, 5.74) is 0. The van der Waals surface area contributed by atoms with Gasteiger partial charge in [0.15, 0.2) is 0 Å². The van der Waals surface area contributed by atoms with Crippen molar-refractivity contribution >= 4 is 0 Å². The molecule has 1 aliphatic carbocycles. The van der Waals surface area contributed by atoms with E-state index in [1.165, 1.54) is 32.1 Å². The van der Waals surface area contributed by atoms with Crippen molar-refractivity contribution in [2.75, 3.05) is 0 Å². The third-order valence-corrected chi connectivity index (χ3v) is 1.32.